The van der Waals surface area contributed by atoms with Gasteiger partial charge in [-0.3, -0.25) is 4.79 Å². The van der Waals surface area contributed by atoms with Gasteiger partial charge in [-0.15, -0.1) is 0 Å². The van der Waals surface area contributed by atoms with Gasteiger partial charge in [0.25, 0.3) is 0 Å². The molecule has 0 unspecified atom stereocenters. The van der Waals surface area contributed by atoms with E-state index in [0.717, 1.165) is 6.42 Å². The van der Waals surface area contributed by atoms with Crippen LogP contribution in [0.1, 0.15) is 27.2 Å². The molecule has 0 aromatic heterocycles. The summed E-state index contributed by atoms with van der Waals surface area (Å²) >= 11 is 0. The molecule has 0 spiro atoms. The van der Waals surface area contributed by atoms with E-state index in [4.69, 9.17) is 10.5 Å². The number of hydrogen-bond acceptors (Lipinski definition) is 3. The van der Waals surface area contributed by atoms with E-state index in [2.05, 4.69) is 5.32 Å². The van der Waals surface area contributed by atoms with Crippen molar-refractivity contribution < 1.29 is 9.53 Å². The fraction of sp³-hybridized carbons (Fsp3) is 0.889. The summed E-state index contributed by atoms with van der Waals surface area (Å²) in [7, 11) is 0. The molecule has 78 valence electrons. The van der Waals surface area contributed by atoms with Gasteiger partial charge in [0.15, 0.2) is 0 Å². The minimum atomic E-state index is -0.413. The lowest BCUT2D eigenvalue weighted by Crippen LogP contribution is -2.38. The summed E-state index contributed by atoms with van der Waals surface area (Å²) in [4.78, 5) is 11.1. The molecule has 0 aliphatic carbocycles. The zero-order valence-electron chi connectivity index (χ0n) is 8.72. The average molecular weight is 188 g/mol. The highest BCUT2D eigenvalue weighted by Gasteiger charge is 2.16. The summed E-state index contributed by atoms with van der Waals surface area (Å²) < 4.78 is 5.30. The van der Waals surface area contributed by atoms with Crippen molar-refractivity contribution in [1.29, 1.82) is 0 Å². The van der Waals surface area contributed by atoms with Crippen LogP contribution in [-0.4, -0.2) is 31.2 Å². The second kappa shape index (κ2) is 5.94. The first kappa shape index (κ1) is 12.4. The van der Waals surface area contributed by atoms with Gasteiger partial charge in [-0.1, -0.05) is 6.92 Å². The number of carbonyl (C=O) groups is 1. The molecular weight excluding hydrogens is 168 g/mol. The van der Waals surface area contributed by atoms with Crippen molar-refractivity contribution in [3.05, 3.63) is 0 Å². The number of amides is 1. The molecule has 0 saturated heterocycles. The quantitative estimate of drug-likeness (QED) is 0.628. The average Bonchev–Trinajstić information content (AvgIpc) is 2.11. The van der Waals surface area contributed by atoms with E-state index in [9.17, 15) is 4.79 Å². The van der Waals surface area contributed by atoms with Gasteiger partial charge in [-0.05, 0) is 20.3 Å². The highest BCUT2D eigenvalue weighted by atomic mass is 16.5. The van der Waals surface area contributed by atoms with Gasteiger partial charge < -0.3 is 15.8 Å². The molecule has 0 atom stereocenters. The predicted octanol–water partition coefficient (Wildman–Crippen LogP) is 0.267. The maximum Gasteiger partial charge on any atom is 0.246 e. The molecule has 1 amide bonds. The van der Waals surface area contributed by atoms with Crippen LogP contribution in [0.5, 0.6) is 0 Å². The molecule has 4 nitrogen and oxygen atoms in total. The van der Waals surface area contributed by atoms with Crippen LogP contribution in [0.4, 0.5) is 0 Å². The van der Waals surface area contributed by atoms with E-state index >= 15 is 0 Å². The lowest BCUT2D eigenvalue weighted by atomic mass is 10.1. The maximum atomic E-state index is 11.1. The van der Waals surface area contributed by atoms with Gasteiger partial charge in [-0.2, -0.15) is 0 Å². The molecule has 3 N–H and O–H groups in total. The van der Waals surface area contributed by atoms with Gasteiger partial charge >= 0.3 is 0 Å². The predicted molar refractivity (Wildman–Crippen MR) is 52.4 cm³/mol. The van der Waals surface area contributed by atoms with Crippen LogP contribution in [0.2, 0.25) is 0 Å². The highest BCUT2D eigenvalue weighted by molar-refractivity contribution is 5.77. The van der Waals surface area contributed by atoms with Gasteiger partial charge in [0, 0.05) is 13.1 Å². The molecule has 0 radical (unpaired) electrons. The number of nitrogens with two attached hydrogens (primary N) is 1. The molecule has 0 heterocycles. The van der Waals surface area contributed by atoms with Gasteiger partial charge in [0.05, 0.1) is 5.60 Å². The molecule has 0 rings (SSSR count). The first-order chi connectivity index (χ1) is 6.02. The summed E-state index contributed by atoms with van der Waals surface area (Å²) in [5, 5.41) is 2.72. The van der Waals surface area contributed by atoms with Crippen molar-refractivity contribution in [3.8, 4) is 0 Å². The Balaban J connectivity index is 3.57. The molecule has 4 heteroatoms. The normalized spacial score (nSPS) is 11.4. The monoisotopic (exact) mass is 188 g/mol. The van der Waals surface area contributed by atoms with Crippen LogP contribution in [-0.2, 0) is 9.53 Å². The van der Waals surface area contributed by atoms with Crippen molar-refractivity contribution in [2.45, 2.75) is 32.8 Å². The van der Waals surface area contributed by atoms with Crippen LogP contribution in [0.25, 0.3) is 0 Å². The Morgan fingerprint density at radius 2 is 2.15 bits per heavy atom. The molecule has 0 aliphatic heterocycles. The van der Waals surface area contributed by atoms with Gasteiger partial charge in [0.1, 0.15) is 6.61 Å². The number of ether oxygens (including phenoxy) is 1. The Bertz CT molecular complexity index is 158. The van der Waals surface area contributed by atoms with E-state index in [0.29, 0.717) is 13.1 Å². The molecule has 0 saturated carbocycles. The highest BCUT2D eigenvalue weighted by Crippen LogP contribution is 2.05. The second-order valence-corrected chi connectivity index (χ2v) is 3.60. The zero-order valence-corrected chi connectivity index (χ0v) is 8.72. The minimum Gasteiger partial charge on any atom is -0.364 e. The molecular formula is C9H20N2O2. The standard InChI is InChI=1S/C9H20N2O2/c1-4-5-11-8(12)6-13-9(2,3)7-10/h4-7,10H2,1-3H3,(H,11,12). The van der Waals surface area contributed by atoms with Crippen LogP contribution in [0.3, 0.4) is 0 Å². The minimum absolute atomic E-state index is 0.0802. The third kappa shape index (κ3) is 6.54. The van der Waals surface area contributed by atoms with Crippen molar-refractivity contribution in [3.63, 3.8) is 0 Å². The molecule has 0 aromatic carbocycles. The summed E-state index contributed by atoms with van der Waals surface area (Å²) in [6.07, 6.45) is 0.937. The number of hydrogen-bond donors (Lipinski definition) is 2. The largest absolute Gasteiger partial charge is 0.364 e. The van der Waals surface area contributed by atoms with Crippen molar-refractivity contribution in [1.82, 2.24) is 5.32 Å². The van der Waals surface area contributed by atoms with E-state index in [1.807, 2.05) is 20.8 Å². The Kier molecular flexibility index (Phi) is 5.66. The molecule has 0 bridgehead atoms. The maximum absolute atomic E-state index is 11.1. The summed E-state index contributed by atoms with van der Waals surface area (Å²) in [5.41, 5.74) is 5.02. The summed E-state index contributed by atoms with van der Waals surface area (Å²) in [6, 6.07) is 0. The van der Waals surface area contributed by atoms with Crippen LogP contribution >= 0.6 is 0 Å². The lowest BCUT2D eigenvalue weighted by molar-refractivity contribution is -0.130. The Hall–Kier alpha value is -0.610. The first-order valence-electron chi connectivity index (χ1n) is 4.62. The topological polar surface area (TPSA) is 64.3 Å². The number of carbonyl (C=O) groups excluding carboxylic acids is 1. The van der Waals surface area contributed by atoms with Gasteiger partial charge in [-0.25, -0.2) is 0 Å². The smallest absolute Gasteiger partial charge is 0.246 e. The van der Waals surface area contributed by atoms with Crippen molar-refractivity contribution in [2.24, 2.45) is 5.73 Å². The lowest BCUT2D eigenvalue weighted by Gasteiger charge is -2.22. The molecule has 0 fully saturated rings. The van der Waals surface area contributed by atoms with Crippen molar-refractivity contribution in [2.75, 3.05) is 19.7 Å². The fourth-order valence-corrected chi connectivity index (χ4v) is 0.635. The third-order valence-corrected chi connectivity index (χ3v) is 1.66. The van der Waals surface area contributed by atoms with Crippen LogP contribution in [0.15, 0.2) is 0 Å². The summed E-state index contributed by atoms with van der Waals surface area (Å²) in [6.45, 7) is 6.93. The summed E-state index contributed by atoms with van der Waals surface area (Å²) in [5.74, 6) is -0.0802. The SMILES string of the molecule is CCCNC(=O)COC(C)(C)CN. The Morgan fingerprint density at radius 1 is 1.54 bits per heavy atom. The molecule has 13 heavy (non-hydrogen) atoms. The van der Waals surface area contributed by atoms with E-state index < -0.39 is 5.60 Å². The van der Waals surface area contributed by atoms with E-state index in [1.165, 1.54) is 0 Å². The number of rotatable bonds is 6. The van der Waals surface area contributed by atoms with Crippen molar-refractivity contribution >= 4 is 5.91 Å². The second-order valence-electron chi connectivity index (χ2n) is 3.60. The molecule has 0 aromatic rings. The zero-order chi connectivity index (χ0) is 10.3. The Labute approximate surface area is 79.8 Å². The third-order valence-electron chi connectivity index (χ3n) is 1.66. The first-order valence-corrected chi connectivity index (χ1v) is 4.62. The van der Waals surface area contributed by atoms with Gasteiger partial charge in [0.2, 0.25) is 5.91 Å². The van der Waals surface area contributed by atoms with E-state index in [-0.39, 0.29) is 12.5 Å². The van der Waals surface area contributed by atoms with Crippen LogP contribution < -0.4 is 11.1 Å². The van der Waals surface area contributed by atoms with E-state index in [1.54, 1.807) is 0 Å². The fourth-order valence-electron chi connectivity index (χ4n) is 0.635. The molecule has 0 aliphatic rings. The number of nitrogens with one attached hydrogen (secondary N) is 1. The van der Waals surface area contributed by atoms with Crippen LogP contribution in [0, 0.1) is 0 Å². The Morgan fingerprint density at radius 3 is 2.62 bits per heavy atom.